The molecule has 0 fully saturated rings. The number of carbonyl (C=O) groups is 1. The van der Waals surface area contributed by atoms with Crippen molar-refractivity contribution in [3.8, 4) is 0 Å². The normalized spacial score (nSPS) is 11.5. The van der Waals surface area contributed by atoms with E-state index >= 15 is 0 Å². The number of benzene rings is 1. The molecule has 0 unspecified atom stereocenters. The van der Waals surface area contributed by atoms with E-state index in [0.717, 1.165) is 10.9 Å². The summed E-state index contributed by atoms with van der Waals surface area (Å²) >= 11 is 3.39. The molecule has 1 heterocycles. The first-order valence-corrected chi connectivity index (χ1v) is 6.88. The average molecular weight is 307 g/mol. The molecule has 2 aromatic rings. The standard InChI is InChI=1S/C14H15BrN2O/c1-14(2,9-15)17-13(18)11-5-3-7-12-10(11)6-4-8-16-12/h3-8H,9H2,1-2H3,(H,17,18). The van der Waals surface area contributed by atoms with Crippen molar-refractivity contribution in [3.63, 3.8) is 0 Å². The Morgan fingerprint density at radius 3 is 2.83 bits per heavy atom. The van der Waals surface area contributed by atoms with Gasteiger partial charge >= 0.3 is 0 Å². The first-order valence-electron chi connectivity index (χ1n) is 5.76. The van der Waals surface area contributed by atoms with Crippen LogP contribution >= 0.6 is 15.9 Å². The molecule has 3 nitrogen and oxygen atoms in total. The minimum absolute atomic E-state index is 0.0712. The summed E-state index contributed by atoms with van der Waals surface area (Å²) in [6.07, 6.45) is 1.73. The molecule has 0 radical (unpaired) electrons. The summed E-state index contributed by atoms with van der Waals surface area (Å²) in [6, 6.07) is 9.34. The number of pyridine rings is 1. The van der Waals surface area contributed by atoms with E-state index in [2.05, 4.69) is 26.2 Å². The van der Waals surface area contributed by atoms with E-state index in [-0.39, 0.29) is 11.4 Å². The summed E-state index contributed by atoms with van der Waals surface area (Å²) < 4.78 is 0. The van der Waals surface area contributed by atoms with Gasteiger partial charge in [-0.25, -0.2) is 0 Å². The second-order valence-corrected chi connectivity index (χ2v) is 5.41. The largest absolute Gasteiger partial charge is 0.346 e. The molecular weight excluding hydrogens is 292 g/mol. The number of halogens is 1. The minimum Gasteiger partial charge on any atom is -0.346 e. The van der Waals surface area contributed by atoms with Crippen molar-refractivity contribution >= 4 is 32.7 Å². The molecule has 18 heavy (non-hydrogen) atoms. The summed E-state index contributed by atoms with van der Waals surface area (Å²) in [6.45, 7) is 3.95. The molecule has 94 valence electrons. The van der Waals surface area contributed by atoms with Gasteiger partial charge in [0.05, 0.1) is 5.52 Å². The second kappa shape index (κ2) is 5.06. The number of rotatable bonds is 3. The van der Waals surface area contributed by atoms with Crippen LogP contribution in [0.3, 0.4) is 0 Å². The van der Waals surface area contributed by atoms with Crippen molar-refractivity contribution in [2.45, 2.75) is 19.4 Å². The van der Waals surface area contributed by atoms with Gasteiger partial charge in [0, 0.05) is 28.0 Å². The van der Waals surface area contributed by atoms with Gasteiger partial charge in [-0.05, 0) is 32.0 Å². The van der Waals surface area contributed by atoms with Crippen molar-refractivity contribution in [2.24, 2.45) is 0 Å². The predicted molar refractivity (Wildman–Crippen MR) is 77.1 cm³/mol. The lowest BCUT2D eigenvalue weighted by molar-refractivity contribution is 0.0923. The average Bonchev–Trinajstić information content (AvgIpc) is 2.37. The van der Waals surface area contributed by atoms with Crippen LogP contribution in [0.25, 0.3) is 10.9 Å². The number of aromatic nitrogens is 1. The highest BCUT2D eigenvalue weighted by Crippen LogP contribution is 2.17. The zero-order valence-electron chi connectivity index (χ0n) is 10.4. The zero-order valence-corrected chi connectivity index (χ0v) is 12.0. The molecule has 0 saturated heterocycles. The van der Waals surface area contributed by atoms with Crippen LogP contribution in [0.5, 0.6) is 0 Å². The highest BCUT2D eigenvalue weighted by molar-refractivity contribution is 9.09. The summed E-state index contributed by atoms with van der Waals surface area (Å²) in [5, 5.41) is 4.58. The smallest absolute Gasteiger partial charge is 0.252 e. The Bertz CT molecular complexity index is 576. The van der Waals surface area contributed by atoms with E-state index < -0.39 is 0 Å². The maximum absolute atomic E-state index is 12.3. The molecule has 1 aromatic heterocycles. The van der Waals surface area contributed by atoms with Gasteiger partial charge in [-0.3, -0.25) is 9.78 Å². The van der Waals surface area contributed by atoms with Gasteiger partial charge < -0.3 is 5.32 Å². The number of amides is 1. The Balaban J connectivity index is 2.39. The molecule has 0 aliphatic rings. The van der Waals surface area contributed by atoms with Crippen LogP contribution in [-0.4, -0.2) is 21.8 Å². The number of carbonyl (C=O) groups excluding carboxylic acids is 1. The summed E-state index contributed by atoms with van der Waals surface area (Å²) in [7, 11) is 0. The van der Waals surface area contributed by atoms with Crippen molar-refractivity contribution in [2.75, 3.05) is 5.33 Å². The molecular formula is C14H15BrN2O. The third kappa shape index (κ3) is 2.70. The Morgan fingerprint density at radius 1 is 1.33 bits per heavy atom. The van der Waals surface area contributed by atoms with E-state index in [1.807, 2.05) is 44.2 Å². The quantitative estimate of drug-likeness (QED) is 0.885. The molecule has 0 saturated carbocycles. The summed E-state index contributed by atoms with van der Waals surface area (Å²) in [5.74, 6) is -0.0712. The van der Waals surface area contributed by atoms with Crippen LogP contribution in [0.2, 0.25) is 0 Å². The van der Waals surface area contributed by atoms with Crippen molar-refractivity contribution in [1.82, 2.24) is 10.3 Å². The van der Waals surface area contributed by atoms with E-state index in [1.54, 1.807) is 6.20 Å². The molecule has 1 aromatic carbocycles. The molecule has 2 rings (SSSR count). The Labute approximate surface area is 115 Å². The molecule has 0 bridgehead atoms. The fourth-order valence-corrected chi connectivity index (χ4v) is 1.85. The van der Waals surface area contributed by atoms with Crippen molar-refractivity contribution < 1.29 is 4.79 Å². The van der Waals surface area contributed by atoms with Gasteiger partial charge in [-0.2, -0.15) is 0 Å². The summed E-state index contributed by atoms with van der Waals surface area (Å²) in [4.78, 5) is 16.5. The molecule has 4 heteroatoms. The van der Waals surface area contributed by atoms with Crippen LogP contribution in [0.4, 0.5) is 0 Å². The van der Waals surface area contributed by atoms with Gasteiger partial charge in [0.2, 0.25) is 0 Å². The highest BCUT2D eigenvalue weighted by atomic mass is 79.9. The van der Waals surface area contributed by atoms with Gasteiger partial charge in [0.1, 0.15) is 0 Å². The lowest BCUT2D eigenvalue weighted by Crippen LogP contribution is -2.44. The molecule has 1 N–H and O–H groups in total. The zero-order chi connectivity index (χ0) is 13.2. The molecule has 1 amide bonds. The number of alkyl halides is 1. The number of nitrogens with one attached hydrogen (secondary N) is 1. The fourth-order valence-electron chi connectivity index (χ4n) is 1.71. The Morgan fingerprint density at radius 2 is 2.11 bits per heavy atom. The first kappa shape index (κ1) is 13.0. The van der Waals surface area contributed by atoms with Gasteiger partial charge in [0.25, 0.3) is 5.91 Å². The minimum atomic E-state index is -0.276. The van der Waals surface area contributed by atoms with Crippen LogP contribution < -0.4 is 5.32 Å². The van der Waals surface area contributed by atoms with E-state index in [4.69, 9.17) is 0 Å². The highest BCUT2D eigenvalue weighted by Gasteiger charge is 2.20. The lowest BCUT2D eigenvalue weighted by Gasteiger charge is -2.23. The maximum atomic E-state index is 12.3. The monoisotopic (exact) mass is 306 g/mol. The van der Waals surface area contributed by atoms with Gasteiger partial charge in [0.15, 0.2) is 0 Å². The van der Waals surface area contributed by atoms with Crippen LogP contribution in [0, 0.1) is 0 Å². The van der Waals surface area contributed by atoms with Gasteiger partial charge in [-0.1, -0.05) is 28.1 Å². The van der Waals surface area contributed by atoms with E-state index in [1.165, 1.54) is 0 Å². The third-order valence-corrected chi connectivity index (χ3v) is 4.08. The fraction of sp³-hybridized carbons (Fsp3) is 0.286. The first-order chi connectivity index (χ1) is 8.53. The van der Waals surface area contributed by atoms with Crippen LogP contribution in [0.1, 0.15) is 24.2 Å². The molecule has 0 aliphatic carbocycles. The van der Waals surface area contributed by atoms with E-state index in [9.17, 15) is 4.79 Å². The lowest BCUT2D eigenvalue weighted by atomic mass is 10.0. The van der Waals surface area contributed by atoms with Crippen LogP contribution in [-0.2, 0) is 0 Å². The SMILES string of the molecule is CC(C)(CBr)NC(=O)c1cccc2ncccc12. The van der Waals surface area contributed by atoms with Crippen molar-refractivity contribution in [1.29, 1.82) is 0 Å². The molecule has 0 atom stereocenters. The Hall–Kier alpha value is -1.42. The summed E-state index contributed by atoms with van der Waals surface area (Å²) in [5.41, 5.74) is 1.22. The number of fused-ring (bicyclic) bond motifs is 1. The van der Waals surface area contributed by atoms with Gasteiger partial charge in [-0.15, -0.1) is 0 Å². The van der Waals surface area contributed by atoms with E-state index in [0.29, 0.717) is 10.9 Å². The number of hydrogen-bond donors (Lipinski definition) is 1. The molecule has 0 aliphatic heterocycles. The predicted octanol–water partition coefficient (Wildman–Crippen LogP) is 3.14. The maximum Gasteiger partial charge on any atom is 0.252 e. The number of hydrogen-bond acceptors (Lipinski definition) is 2. The second-order valence-electron chi connectivity index (χ2n) is 4.85. The van der Waals surface area contributed by atoms with Crippen molar-refractivity contribution in [3.05, 3.63) is 42.1 Å². The molecule has 0 spiro atoms. The Kier molecular flexibility index (Phi) is 3.66. The van der Waals surface area contributed by atoms with Crippen LogP contribution in [0.15, 0.2) is 36.5 Å². The topological polar surface area (TPSA) is 42.0 Å². The third-order valence-electron chi connectivity index (χ3n) is 2.68. The number of nitrogens with zero attached hydrogens (tertiary/aromatic N) is 1.